The fourth-order valence-corrected chi connectivity index (χ4v) is 2.19. The van der Waals surface area contributed by atoms with Crippen LogP contribution in [0.2, 0.25) is 0 Å². The van der Waals surface area contributed by atoms with Crippen molar-refractivity contribution in [2.24, 2.45) is 0 Å². The highest BCUT2D eigenvalue weighted by Crippen LogP contribution is 2.22. The van der Waals surface area contributed by atoms with E-state index in [0.29, 0.717) is 0 Å². The van der Waals surface area contributed by atoms with Gasteiger partial charge in [0, 0.05) is 0 Å². The van der Waals surface area contributed by atoms with E-state index in [0.717, 1.165) is 3.86 Å². The lowest BCUT2D eigenvalue weighted by Crippen LogP contribution is -1.88. The summed E-state index contributed by atoms with van der Waals surface area (Å²) >= 11 is 9.88. The number of rotatable bonds is 4. The average Bonchev–Trinajstić information content (AvgIpc) is 1.63. The van der Waals surface area contributed by atoms with Gasteiger partial charge < -0.3 is 0 Å². The van der Waals surface area contributed by atoms with E-state index in [1.807, 2.05) is 0 Å². The zero-order chi connectivity index (χ0) is 7.28. The topological polar surface area (TPSA) is 0 Å². The van der Waals surface area contributed by atoms with Crippen LogP contribution >= 0.6 is 90.4 Å². The second-order valence-corrected chi connectivity index (χ2v) is 12.5. The van der Waals surface area contributed by atoms with Crippen LogP contribution in [0.1, 0.15) is 19.3 Å². The Bertz CT molecular complexity index is 54.0. The summed E-state index contributed by atoms with van der Waals surface area (Å²) in [7, 11) is 0. The monoisotopic (exact) mass is 576 g/mol. The molecule has 0 heterocycles. The first-order chi connectivity index (χ1) is 4.13. The van der Waals surface area contributed by atoms with Crippen molar-refractivity contribution < 1.29 is 0 Å². The van der Waals surface area contributed by atoms with E-state index < -0.39 is 0 Å². The molecule has 0 nitrogen and oxygen atoms in total. The second kappa shape index (κ2) is 7.56. The van der Waals surface area contributed by atoms with Crippen LogP contribution in [-0.4, -0.2) is 3.86 Å². The van der Waals surface area contributed by atoms with E-state index >= 15 is 0 Å². The minimum Gasteiger partial charge on any atom is -0.0710 e. The molecule has 0 radical (unpaired) electrons. The van der Waals surface area contributed by atoms with Gasteiger partial charge >= 0.3 is 0 Å². The molecular weight excluding hydrogens is 568 g/mol. The van der Waals surface area contributed by atoms with Crippen molar-refractivity contribution in [2.75, 3.05) is 0 Å². The van der Waals surface area contributed by atoms with Gasteiger partial charge in [0.15, 0.2) is 0 Å². The molecule has 0 saturated heterocycles. The Labute approximate surface area is 111 Å². The zero-order valence-electron chi connectivity index (χ0n) is 4.79. The summed E-state index contributed by atoms with van der Waals surface area (Å²) in [6, 6.07) is 0. The molecule has 0 amide bonds. The fraction of sp³-hybridized carbons (Fsp3) is 1.00. The predicted octanol–water partition coefficient (Wildman–Crippen LogP) is 4.55. The van der Waals surface area contributed by atoms with Gasteiger partial charge in [0.1, 0.15) is 0 Å². The molecule has 0 saturated carbocycles. The summed E-state index contributed by atoms with van der Waals surface area (Å²) in [5.41, 5.74) is 0. The summed E-state index contributed by atoms with van der Waals surface area (Å²) in [4.78, 5) is 0. The molecule has 0 rings (SSSR count). The van der Waals surface area contributed by atoms with E-state index in [9.17, 15) is 0 Å². The molecule has 0 atom stereocenters. The van der Waals surface area contributed by atoms with Gasteiger partial charge in [-0.05, 0) is 19.3 Å². The maximum Gasteiger partial charge on any atom is 0.0626 e. The minimum atomic E-state index is 0.826. The second-order valence-electron chi connectivity index (χ2n) is 1.71. The first-order valence-corrected chi connectivity index (χ1v) is 7.67. The van der Waals surface area contributed by atoms with E-state index in [1.54, 1.807) is 0 Å². The number of halogens is 4. The highest BCUT2D eigenvalue weighted by molar-refractivity contribution is 14.2. The third-order valence-electron chi connectivity index (χ3n) is 0.845. The molecule has 56 valence electrons. The van der Waals surface area contributed by atoms with Gasteiger partial charge in [-0.3, -0.25) is 0 Å². The third-order valence-corrected chi connectivity index (χ3v) is 3.34. The van der Waals surface area contributed by atoms with E-state index in [2.05, 4.69) is 90.4 Å². The van der Waals surface area contributed by atoms with Crippen LogP contribution < -0.4 is 0 Å². The highest BCUT2D eigenvalue weighted by atomic mass is 127. The SMILES string of the molecule is IC(I)CCCC(I)I. The Kier molecular flexibility index (Phi) is 10.0. The highest BCUT2D eigenvalue weighted by Gasteiger charge is 2.00. The Morgan fingerprint density at radius 3 is 1.33 bits per heavy atom. The Hall–Kier alpha value is 2.92. The molecule has 0 aromatic rings. The molecule has 0 bridgehead atoms. The van der Waals surface area contributed by atoms with Gasteiger partial charge in [0.25, 0.3) is 0 Å². The van der Waals surface area contributed by atoms with E-state index in [1.165, 1.54) is 19.3 Å². The summed E-state index contributed by atoms with van der Waals surface area (Å²) < 4.78 is 1.65. The molecule has 0 N–H and O–H groups in total. The lowest BCUT2D eigenvalue weighted by Gasteiger charge is -2.01. The molecule has 0 spiro atoms. The molecule has 0 aliphatic rings. The zero-order valence-corrected chi connectivity index (χ0v) is 13.4. The van der Waals surface area contributed by atoms with Gasteiger partial charge in [0.05, 0.1) is 3.86 Å². The first kappa shape index (κ1) is 11.9. The molecular formula is C5H8I4. The van der Waals surface area contributed by atoms with Crippen LogP contribution in [0.4, 0.5) is 0 Å². The Morgan fingerprint density at radius 1 is 0.778 bits per heavy atom. The molecule has 0 aliphatic carbocycles. The summed E-state index contributed by atoms with van der Waals surface area (Å²) in [5.74, 6) is 0. The number of hydrogen-bond acceptors (Lipinski definition) is 0. The van der Waals surface area contributed by atoms with Gasteiger partial charge in [0.2, 0.25) is 0 Å². The molecule has 9 heavy (non-hydrogen) atoms. The van der Waals surface area contributed by atoms with Crippen molar-refractivity contribution in [3.63, 3.8) is 0 Å². The van der Waals surface area contributed by atoms with Crippen LogP contribution in [0, 0.1) is 0 Å². The van der Waals surface area contributed by atoms with Gasteiger partial charge in [-0.15, -0.1) is 0 Å². The van der Waals surface area contributed by atoms with Crippen LogP contribution in [-0.2, 0) is 0 Å². The summed E-state index contributed by atoms with van der Waals surface area (Å²) in [6.45, 7) is 0. The smallest absolute Gasteiger partial charge is 0.0626 e. The van der Waals surface area contributed by atoms with Crippen molar-refractivity contribution in [1.82, 2.24) is 0 Å². The normalized spacial score (nSPS) is 11.3. The van der Waals surface area contributed by atoms with Gasteiger partial charge in [-0.2, -0.15) is 0 Å². The third kappa shape index (κ3) is 10.9. The minimum absolute atomic E-state index is 0.826. The average molecular weight is 576 g/mol. The first-order valence-electron chi connectivity index (χ1n) is 2.69. The lowest BCUT2D eigenvalue weighted by molar-refractivity contribution is 0.784. The van der Waals surface area contributed by atoms with Crippen molar-refractivity contribution in [3.05, 3.63) is 0 Å². The Morgan fingerprint density at radius 2 is 1.11 bits per heavy atom. The van der Waals surface area contributed by atoms with Crippen LogP contribution in [0.25, 0.3) is 0 Å². The maximum atomic E-state index is 2.47. The summed E-state index contributed by atoms with van der Waals surface area (Å²) in [5, 5.41) is 0. The maximum absolute atomic E-state index is 2.47. The fourth-order valence-electron chi connectivity index (χ4n) is 0.426. The number of alkyl halides is 4. The molecule has 0 aliphatic heterocycles. The number of hydrogen-bond donors (Lipinski definition) is 0. The van der Waals surface area contributed by atoms with Crippen molar-refractivity contribution >= 4 is 90.4 Å². The van der Waals surface area contributed by atoms with Crippen LogP contribution in [0.3, 0.4) is 0 Å². The Balaban J connectivity index is 2.91. The van der Waals surface area contributed by atoms with Crippen LogP contribution in [0.15, 0.2) is 0 Å². The van der Waals surface area contributed by atoms with Crippen molar-refractivity contribution in [1.29, 1.82) is 0 Å². The van der Waals surface area contributed by atoms with E-state index in [-0.39, 0.29) is 0 Å². The molecule has 0 aromatic carbocycles. The largest absolute Gasteiger partial charge is 0.0710 e. The molecule has 0 fully saturated rings. The van der Waals surface area contributed by atoms with Crippen molar-refractivity contribution in [2.45, 2.75) is 23.1 Å². The molecule has 0 aromatic heterocycles. The van der Waals surface area contributed by atoms with Crippen LogP contribution in [0.5, 0.6) is 0 Å². The summed E-state index contributed by atoms with van der Waals surface area (Å²) in [6.07, 6.45) is 4.11. The molecule has 0 unspecified atom stereocenters. The lowest BCUT2D eigenvalue weighted by atomic mass is 10.3. The standard InChI is InChI=1S/C5H8I4/c6-4(7)2-1-3-5(8)9/h4-5H,1-3H2. The quantitative estimate of drug-likeness (QED) is 0.341. The van der Waals surface area contributed by atoms with Gasteiger partial charge in [-0.1, -0.05) is 90.4 Å². The molecule has 4 heteroatoms. The van der Waals surface area contributed by atoms with Crippen molar-refractivity contribution in [3.8, 4) is 0 Å². The predicted molar refractivity (Wildman–Crippen MR) is 77.5 cm³/mol. The van der Waals surface area contributed by atoms with E-state index in [4.69, 9.17) is 0 Å². The van der Waals surface area contributed by atoms with Gasteiger partial charge in [-0.25, -0.2) is 0 Å².